The summed E-state index contributed by atoms with van der Waals surface area (Å²) in [5, 5.41) is 14.5. The fraction of sp³-hybridized carbons (Fsp3) is 0.294. The third-order valence-electron chi connectivity index (χ3n) is 3.37. The van der Waals surface area contributed by atoms with Crippen LogP contribution in [-0.2, 0) is 12.0 Å². The van der Waals surface area contributed by atoms with Gasteiger partial charge < -0.3 is 10.4 Å². The lowest BCUT2D eigenvalue weighted by atomic mass is 9.96. The van der Waals surface area contributed by atoms with E-state index in [-0.39, 0.29) is 12.4 Å². The standard InChI is InChI=1S/C17H20ClNO.ClH/c1-17(20,15-7-9-16(18)10-8-15)13-19-12-11-14-5-3-2-4-6-14;/h2-10,19-20H,11-13H2,1H3;1H. The lowest BCUT2D eigenvalue weighted by Crippen LogP contribution is -2.36. The number of benzene rings is 2. The van der Waals surface area contributed by atoms with Gasteiger partial charge in [-0.3, -0.25) is 0 Å². The molecule has 0 aliphatic rings. The summed E-state index contributed by atoms with van der Waals surface area (Å²) in [5.74, 6) is 0. The highest BCUT2D eigenvalue weighted by atomic mass is 35.5. The molecule has 0 aliphatic carbocycles. The fourth-order valence-corrected chi connectivity index (χ4v) is 2.25. The maximum atomic E-state index is 10.5. The van der Waals surface area contributed by atoms with Crippen molar-refractivity contribution in [3.63, 3.8) is 0 Å². The summed E-state index contributed by atoms with van der Waals surface area (Å²) in [5.41, 5.74) is 1.28. The number of hydrogen-bond acceptors (Lipinski definition) is 2. The van der Waals surface area contributed by atoms with Gasteiger partial charge >= 0.3 is 0 Å². The molecule has 2 aromatic rings. The zero-order valence-corrected chi connectivity index (χ0v) is 13.6. The van der Waals surface area contributed by atoms with E-state index in [2.05, 4.69) is 17.4 Å². The molecular formula is C17H21Cl2NO. The van der Waals surface area contributed by atoms with Crippen LogP contribution in [0, 0.1) is 0 Å². The molecule has 0 spiro atoms. The van der Waals surface area contributed by atoms with E-state index in [9.17, 15) is 5.11 Å². The summed E-state index contributed by atoms with van der Waals surface area (Å²) in [6.07, 6.45) is 0.956. The van der Waals surface area contributed by atoms with Crippen molar-refractivity contribution < 1.29 is 5.11 Å². The number of hydrogen-bond donors (Lipinski definition) is 2. The second-order valence-electron chi connectivity index (χ2n) is 5.19. The molecule has 0 saturated heterocycles. The number of aliphatic hydroxyl groups is 1. The number of halogens is 2. The maximum Gasteiger partial charge on any atom is 0.0992 e. The van der Waals surface area contributed by atoms with Gasteiger partial charge in [-0.25, -0.2) is 0 Å². The SMILES string of the molecule is CC(O)(CNCCc1ccccc1)c1ccc(Cl)cc1.Cl. The Morgan fingerprint density at radius 3 is 2.29 bits per heavy atom. The molecule has 0 amide bonds. The molecule has 21 heavy (non-hydrogen) atoms. The van der Waals surface area contributed by atoms with Crippen molar-refractivity contribution in [1.29, 1.82) is 0 Å². The first-order valence-corrected chi connectivity index (χ1v) is 7.19. The normalized spacial score (nSPS) is 13.3. The van der Waals surface area contributed by atoms with Gasteiger partial charge in [0, 0.05) is 11.6 Å². The van der Waals surface area contributed by atoms with Crippen LogP contribution in [0.4, 0.5) is 0 Å². The predicted octanol–water partition coefficient (Wildman–Crippen LogP) is 3.80. The van der Waals surface area contributed by atoms with Gasteiger partial charge in [0.2, 0.25) is 0 Å². The van der Waals surface area contributed by atoms with Crippen molar-refractivity contribution in [2.24, 2.45) is 0 Å². The number of nitrogens with one attached hydrogen (secondary N) is 1. The Balaban J connectivity index is 0.00000220. The summed E-state index contributed by atoms with van der Waals surface area (Å²) in [4.78, 5) is 0. The van der Waals surface area contributed by atoms with E-state index in [4.69, 9.17) is 11.6 Å². The third kappa shape index (κ3) is 5.68. The summed E-state index contributed by atoms with van der Waals surface area (Å²) < 4.78 is 0. The van der Waals surface area contributed by atoms with Crippen LogP contribution in [-0.4, -0.2) is 18.2 Å². The molecular weight excluding hydrogens is 305 g/mol. The molecule has 2 rings (SSSR count). The Morgan fingerprint density at radius 2 is 1.67 bits per heavy atom. The lowest BCUT2D eigenvalue weighted by molar-refractivity contribution is 0.0573. The Bertz CT molecular complexity index is 526. The molecule has 0 heterocycles. The highest BCUT2D eigenvalue weighted by molar-refractivity contribution is 6.30. The fourth-order valence-electron chi connectivity index (χ4n) is 2.12. The van der Waals surface area contributed by atoms with E-state index in [0.717, 1.165) is 18.5 Å². The first-order chi connectivity index (χ1) is 9.58. The Labute approximate surface area is 137 Å². The van der Waals surface area contributed by atoms with Crippen molar-refractivity contribution in [1.82, 2.24) is 5.32 Å². The summed E-state index contributed by atoms with van der Waals surface area (Å²) in [7, 11) is 0. The third-order valence-corrected chi connectivity index (χ3v) is 3.62. The van der Waals surface area contributed by atoms with E-state index in [1.807, 2.05) is 37.3 Å². The highest BCUT2D eigenvalue weighted by Gasteiger charge is 2.22. The van der Waals surface area contributed by atoms with Crippen LogP contribution < -0.4 is 5.32 Å². The van der Waals surface area contributed by atoms with Crippen LogP contribution in [0.2, 0.25) is 5.02 Å². The van der Waals surface area contributed by atoms with Crippen molar-refractivity contribution in [3.05, 3.63) is 70.7 Å². The van der Waals surface area contributed by atoms with Crippen LogP contribution in [0.3, 0.4) is 0 Å². The van der Waals surface area contributed by atoms with Crippen LogP contribution in [0.5, 0.6) is 0 Å². The van der Waals surface area contributed by atoms with E-state index >= 15 is 0 Å². The topological polar surface area (TPSA) is 32.3 Å². The minimum absolute atomic E-state index is 0. The second kappa shape index (κ2) is 8.40. The van der Waals surface area contributed by atoms with Crippen LogP contribution in [0.15, 0.2) is 54.6 Å². The largest absolute Gasteiger partial charge is 0.384 e. The minimum Gasteiger partial charge on any atom is -0.384 e. The van der Waals surface area contributed by atoms with Gasteiger partial charge in [0.25, 0.3) is 0 Å². The smallest absolute Gasteiger partial charge is 0.0992 e. The average molecular weight is 326 g/mol. The van der Waals surface area contributed by atoms with Crippen molar-refractivity contribution in [3.8, 4) is 0 Å². The first kappa shape index (κ1) is 18.0. The molecule has 2 aromatic carbocycles. The van der Waals surface area contributed by atoms with Gasteiger partial charge in [0.1, 0.15) is 0 Å². The quantitative estimate of drug-likeness (QED) is 0.792. The van der Waals surface area contributed by atoms with Crippen LogP contribution in [0.1, 0.15) is 18.1 Å². The van der Waals surface area contributed by atoms with Crippen LogP contribution >= 0.6 is 24.0 Å². The maximum absolute atomic E-state index is 10.5. The zero-order chi connectivity index (χ0) is 14.4. The van der Waals surface area contributed by atoms with Crippen molar-refractivity contribution >= 4 is 24.0 Å². The molecule has 0 radical (unpaired) electrons. The lowest BCUT2D eigenvalue weighted by Gasteiger charge is -2.24. The molecule has 0 saturated carbocycles. The van der Waals surface area contributed by atoms with Gasteiger partial charge in [0.05, 0.1) is 5.60 Å². The predicted molar refractivity (Wildman–Crippen MR) is 91.3 cm³/mol. The average Bonchev–Trinajstić information content (AvgIpc) is 2.45. The van der Waals surface area contributed by atoms with E-state index < -0.39 is 5.60 Å². The summed E-state index contributed by atoms with van der Waals surface area (Å²) in [6, 6.07) is 17.6. The zero-order valence-electron chi connectivity index (χ0n) is 12.1. The monoisotopic (exact) mass is 325 g/mol. The molecule has 0 aliphatic heterocycles. The Hall–Kier alpha value is -1.06. The molecule has 1 atom stereocenters. The van der Waals surface area contributed by atoms with Crippen molar-refractivity contribution in [2.75, 3.05) is 13.1 Å². The van der Waals surface area contributed by atoms with Gasteiger partial charge in [0.15, 0.2) is 0 Å². The second-order valence-corrected chi connectivity index (χ2v) is 5.63. The van der Waals surface area contributed by atoms with Gasteiger partial charge in [-0.05, 0) is 43.1 Å². The highest BCUT2D eigenvalue weighted by Crippen LogP contribution is 2.21. The molecule has 0 bridgehead atoms. The first-order valence-electron chi connectivity index (χ1n) is 6.81. The van der Waals surface area contributed by atoms with Crippen LogP contribution in [0.25, 0.3) is 0 Å². The van der Waals surface area contributed by atoms with E-state index in [1.165, 1.54) is 5.56 Å². The minimum atomic E-state index is -0.888. The summed E-state index contributed by atoms with van der Waals surface area (Å²) >= 11 is 5.86. The molecule has 0 aromatic heterocycles. The molecule has 2 nitrogen and oxygen atoms in total. The molecule has 4 heteroatoms. The van der Waals surface area contributed by atoms with Gasteiger partial charge in [-0.15, -0.1) is 12.4 Å². The molecule has 114 valence electrons. The molecule has 0 fully saturated rings. The van der Waals surface area contributed by atoms with E-state index in [0.29, 0.717) is 11.6 Å². The van der Waals surface area contributed by atoms with E-state index in [1.54, 1.807) is 12.1 Å². The Morgan fingerprint density at radius 1 is 1.05 bits per heavy atom. The molecule has 1 unspecified atom stereocenters. The van der Waals surface area contributed by atoms with Gasteiger partial charge in [-0.1, -0.05) is 54.1 Å². The van der Waals surface area contributed by atoms with Gasteiger partial charge in [-0.2, -0.15) is 0 Å². The molecule has 2 N–H and O–H groups in total. The summed E-state index contributed by atoms with van der Waals surface area (Å²) in [6.45, 7) is 3.17. The Kier molecular flexibility index (Phi) is 7.20. The van der Waals surface area contributed by atoms with Crippen molar-refractivity contribution in [2.45, 2.75) is 18.9 Å². The number of rotatable bonds is 6.